The van der Waals surface area contributed by atoms with Gasteiger partial charge in [-0.05, 0) is 60.7 Å². The fraction of sp³-hybridized carbons (Fsp3) is 0.250. The van der Waals surface area contributed by atoms with Crippen molar-refractivity contribution in [2.75, 3.05) is 37.5 Å². The molecule has 2 aliphatic rings. The fourth-order valence-corrected chi connectivity index (χ4v) is 3.90. The van der Waals surface area contributed by atoms with Crippen LogP contribution >= 0.6 is 0 Å². The summed E-state index contributed by atoms with van der Waals surface area (Å²) in [5, 5.41) is 0. The molecule has 30 heavy (non-hydrogen) atoms. The van der Waals surface area contributed by atoms with Gasteiger partial charge in [0, 0.05) is 35.6 Å². The van der Waals surface area contributed by atoms with Crippen LogP contribution < -0.4 is 28.7 Å². The van der Waals surface area contributed by atoms with E-state index in [1.165, 1.54) is 0 Å². The molecular weight excluding hydrogens is 380 g/mol. The normalized spacial score (nSPS) is 14.9. The number of hydrogen-bond acceptors (Lipinski definition) is 6. The van der Waals surface area contributed by atoms with Crippen molar-refractivity contribution in [2.45, 2.75) is 13.1 Å². The number of hydrogen-bond donors (Lipinski definition) is 0. The minimum absolute atomic E-state index is 0.526. The summed E-state index contributed by atoms with van der Waals surface area (Å²) in [5.41, 5.74) is 4.48. The Labute approximate surface area is 176 Å². The van der Waals surface area contributed by atoms with Crippen molar-refractivity contribution in [3.8, 4) is 23.0 Å². The van der Waals surface area contributed by atoms with Gasteiger partial charge < -0.3 is 28.7 Å². The molecule has 0 bridgehead atoms. The van der Waals surface area contributed by atoms with Gasteiger partial charge in [0.25, 0.3) is 0 Å². The van der Waals surface area contributed by atoms with Gasteiger partial charge in [0.2, 0.25) is 0 Å². The van der Waals surface area contributed by atoms with E-state index in [9.17, 15) is 0 Å². The molecule has 6 heteroatoms. The summed E-state index contributed by atoms with van der Waals surface area (Å²) >= 11 is 0. The van der Waals surface area contributed by atoms with E-state index in [1.807, 2.05) is 36.4 Å². The molecular formula is C24H24N2O4. The minimum Gasteiger partial charge on any atom is -0.497 e. The smallest absolute Gasteiger partial charge is 0.161 e. The van der Waals surface area contributed by atoms with Crippen LogP contribution in [0.25, 0.3) is 0 Å². The van der Waals surface area contributed by atoms with Gasteiger partial charge in [-0.15, -0.1) is 0 Å². The summed E-state index contributed by atoms with van der Waals surface area (Å²) in [6, 6.07) is 20.4. The SMILES string of the molecule is COc1ccc2c(c1)CN(c1ccc(N3COc4ccc(OC)cc4C3)cc1)CO2. The van der Waals surface area contributed by atoms with Crippen molar-refractivity contribution in [2.24, 2.45) is 0 Å². The monoisotopic (exact) mass is 404 g/mol. The van der Waals surface area contributed by atoms with E-state index >= 15 is 0 Å². The molecule has 0 aromatic heterocycles. The summed E-state index contributed by atoms with van der Waals surface area (Å²) < 4.78 is 22.5. The third-order valence-corrected chi connectivity index (χ3v) is 5.59. The largest absolute Gasteiger partial charge is 0.497 e. The van der Waals surface area contributed by atoms with Gasteiger partial charge in [-0.1, -0.05) is 0 Å². The maximum atomic E-state index is 5.93. The summed E-state index contributed by atoms with van der Waals surface area (Å²) in [5.74, 6) is 3.53. The standard InChI is InChI=1S/C24H24N2O4/c1-27-21-7-9-23-17(11-21)13-25(15-29-23)19-3-5-20(6-4-19)26-14-18-12-22(28-2)8-10-24(18)30-16-26/h3-12H,13-16H2,1-2H3. The molecule has 0 amide bonds. The quantitative estimate of drug-likeness (QED) is 0.642. The third kappa shape index (κ3) is 3.45. The molecule has 0 atom stereocenters. The summed E-state index contributed by atoms with van der Waals surface area (Å²) in [4.78, 5) is 4.41. The second-order valence-electron chi connectivity index (χ2n) is 7.41. The molecule has 154 valence electrons. The zero-order chi connectivity index (χ0) is 20.5. The van der Waals surface area contributed by atoms with Crippen molar-refractivity contribution in [1.29, 1.82) is 0 Å². The first-order chi connectivity index (χ1) is 14.7. The van der Waals surface area contributed by atoms with E-state index < -0.39 is 0 Å². The Morgan fingerprint density at radius 2 is 1.07 bits per heavy atom. The number of benzene rings is 3. The molecule has 0 radical (unpaired) electrons. The van der Waals surface area contributed by atoms with Gasteiger partial charge in [0.15, 0.2) is 13.5 Å². The Balaban J connectivity index is 1.31. The molecule has 2 heterocycles. The lowest BCUT2D eigenvalue weighted by Gasteiger charge is -2.33. The number of anilines is 2. The van der Waals surface area contributed by atoms with E-state index in [-0.39, 0.29) is 0 Å². The molecule has 0 saturated heterocycles. The van der Waals surface area contributed by atoms with E-state index in [2.05, 4.69) is 34.1 Å². The first-order valence-electron chi connectivity index (χ1n) is 9.93. The van der Waals surface area contributed by atoms with Crippen LogP contribution in [0.4, 0.5) is 11.4 Å². The molecule has 0 aliphatic carbocycles. The number of fused-ring (bicyclic) bond motifs is 2. The van der Waals surface area contributed by atoms with Crippen LogP contribution in [-0.2, 0) is 13.1 Å². The zero-order valence-corrected chi connectivity index (χ0v) is 17.1. The molecule has 0 spiro atoms. The van der Waals surface area contributed by atoms with Gasteiger partial charge in [-0.25, -0.2) is 0 Å². The summed E-state index contributed by atoms with van der Waals surface area (Å²) in [6.45, 7) is 2.62. The van der Waals surface area contributed by atoms with Crippen LogP contribution in [0, 0.1) is 0 Å². The van der Waals surface area contributed by atoms with Crippen LogP contribution in [0.1, 0.15) is 11.1 Å². The molecule has 2 aliphatic heterocycles. The number of ether oxygens (including phenoxy) is 4. The van der Waals surface area contributed by atoms with Crippen LogP contribution in [0.5, 0.6) is 23.0 Å². The first-order valence-corrected chi connectivity index (χ1v) is 9.93. The molecule has 0 N–H and O–H groups in total. The number of nitrogens with zero attached hydrogens (tertiary/aromatic N) is 2. The lowest BCUT2D eigenvalue weighted by Crippen LogP contribution is -2.33. The predicted molar refractivity (Wildman–Crippen MR) is 116 cm³/mol. The molecule has 0 saturated carbocycles. The highest BCUT2D eigenvalue weighted by atomic mass is 16.5. The highest BCUT2D eigenvalue weighted by molar-refractivity contribution is 5.59. The van der Waals surface area contributed by atoms with E-state index in [4.69, 9.17) is 18.9 Å². The maximum Gasteiger partial charge on any atom is 0.161 e. The van der Waals surface area contributed by atoms with E-state index in [0.29, 0.717) is 13.5 Å². The average Bonchev–Trinajstić information content (AvgIpc) is 2.82. The van der Waals surface area contributed by atoms with Crippen molar-refractivity contribution in [3.05, 3.63) is 71.8 Å². The van der Waals surface area contributed by atoms with Gasteiger partial charge in [-0.3, -0.25) is 0 Å². The maximum absolute atomic E-state index is 5.93. The lowest BCUT2D eigenvalue weighted by atomic mass is 10.1. The van der Waals surface area contributed by atoms with Gasteiger partial charge >= 0.3 is 0 Å². The minimum atomic E-state index is 0.526. The molecule has 3 aromatic carbocycles. The van der Waals surface area contributed by atoms with Crippen molar-refractivity contribution >= 4 is 11.4 Å². The fourth-order valence-electron chi connectivity index (χ4n) is 3.90. The Bertz CT molecular complexity index is 967. The van der Waals surface area contributed by atoms with E-state index in [0.717, 1.165) is 58.6 Å². The van der Waals surface area contributed by atoms with Crippen molar-refractivity contribution in [3.63, 3.8) is 0 Å². The topological polar surface area (TPSA) is 43.4 Å². The van der Waals surface area contributed by atoms with Gasteiger partial charge in [0.05, 0.1) is 14.2 Å². The van der Waals surface area contributed by atoms with Gasteiger partial charge in [-0.2, -0.15) is 0 Å². The second-order valence-corrected chi connectivity index (χ2v) is 7.41. The van der Waals surface area contributed by atoms with Crippen molar-refractivity contribution in [1.82, 2.24) is 0 Å². The first kappa shape index (κ1) is 18.5. The predicted octanol–water partition coefficient (Wildman–Crippen LogP) is 4.42. The zero-order valence-electron chi connectivity index (χ0n) is 17.1. The molecule has 0 fully saturated rings. The molecule has 6 nitrogen and oxygen atoms in total. The summed E-state index contributed by atoms with van der Waals surface area (Å²) in [7, 11) is 3.36. The highest BCUT2D eigenvalue weighted by Gasteiger charge is 2.21. The number of methoxy groups -OCH3 is 2. The Kier molecular flexibility index (Phi) is 4.75. The lowest BCUT2D eigenvalue weighted by molar-refractivity contribution is 0.287. The average molecular weight is 404 g/mol. The Morgan fingerprint density at radius 1 is 0.633 bits per heavy atom. The third-order valence-electron chi connectivity index (χ3n) is 5.59. The Hall–Kier alpha value is -3.54. The van der Waals surface area contributed by atoms with Crippen LogP contribution in [0.2, 0.25) is 0 Å². The molecule has 3 aromatic rings. The van der Waals surface area contributed by atoms with Gasteiger partial charge in [0.1, 0.15) is 23.0 Å². The molecule has 0 unspecified atom stereocenters. The van der Waals surface area contributed by atoms with Crippen LogP contribution in [-0.4, -0.2) is 27.7 Å². The molecule has 5 rings (SSSR count). The Morgan fingerprint density at radius 3 is 1.47 bits per heavy atom. The van der Waals surface area contributed by atoms with Crippen molar-refractivity contribution < 1.29 is 18.9 Å². The highest BCUT2D eigenvalue weighted by Crippen LogP contribution is 2.34. The van der Waals surface area contributed by atoms with Crippen LogP contribution in [0.3, 0.4) is 0 Å². The number of rotatable bonds is 4. The second kappa shape index (κ2) is 7.71. The summed E-state index contributed by atoms with van der Waals surface area (Å²) in [6.07, 6.45) is 0. The van der Waals surface area contributed by atoms with Crippen LogP contribution in [0.15, 0.2) is 60.7 Å². The van der Waals surface area contributed by atoms with E-state index in [1.54, 1.807) is 14.2 Å².